The van der Waals surface area contributed by atoms with Crippen LogP contribution in [-0.4, -0.2) is 33.6 Å². The predicted molar refractivity (Wildman–Crippen MR) is 87.0 cm³/mol. The Labute approximate surface area is 140 Å². The Morgan fingerprint density at radius 2 is 2.04 bits per heavy atom. The number of amides is 1. The lowest BCUT2D eigenvalue weighted by Gasteiger charge is -2.29. The molecule has 0 saturated carbocycles. The number of carbonyl (C=O) groups is 2. The van der Waals surface area contributed by atoms with Crippen LogP contribution in [0, 0.1) is 0 Å². The van der Waals surface area contributed by atoms with Gasteiger partial charge < -0.3 is 14.5 Å². The van der Waals surface area contributed by atoms with Gasteiger partial charge in [-0.2, -0.15) is 0 Å². The number of rotatable bonds is 2. The molecule has 1 aliphatic rings. The van der Waals surface area contributed by atoms with Gasteiger partial charge in [-0.3, -0.25) is 4.79 Å². The SMILES string of the molecule is CC(C)(C)c1cc(C(=O)N2CCc3c(cccc3C(=O)O)C2)no1. The van der Waals surface area contributed by atoms with Crippen LogP contribution >= 0.6 is 0 Å². The van der Waals surface area contributed by atoms with Crippen molar-refractivity contribution in [2.75, 3.05) is 6.54 Å². The van der Waals surface area contributed by atoms with Crippen molar-refractivity contribution in [2.24, 2.45) is 0 Å². The number of benzene rings is 1. The van der Waals surface area contributed by atoms with Gasteiger partial charge in [-0.15, -0.1) is 0 Å². The summed E-state index contributed by atoms with van der Waals surface area (Å²) < 4.78 is 5.29. The van der Waals surface area contributed by atoms with Gasteiger partial charge in [0.05, 0.1) is 5.56 Å². The maximum atomic E-state index is 12.7. The van der Waals surface area contributed by atoms with Crippen LogP contribution in [0.15, 0.2) is 28.8 Å². The number of hydrogen-bond acceptors (Lipinski definition) is 4. The zero-order valence-corrected chi connectivity index (χ0v) is 14.0. The average molecular weight is 328 g/mol. The molecule has 1 aromatic heterocycles. The van der Waals surface area contributed by atoms with Gasteiger partial charge in [-0.05, 0) is 23.6 Å². The summed E-state index contributed by atoms with van der Waals surface area (Å²) in [5, 5.41) is 13.2. The highest BCUT2D eigenvalue weighted by molar-refractivity contribution is 5.93. The van der Waals surface area contributed by atoms with E-state index >= 15 is 0 Å². The molecule has 1 amide bonds. The van der Waals surface area contributed by atoms with E-state index in [1.54, 1.807) is 23.1 Å². The first kappa shape index (κ1) is 16.2. The van der Waals surface area contributed by atoms with E-state index in [0.717, 1.165) is 11.1 Å². The molecule has 0 unspecified atom stereocenters. The summed E-state index contributed by atoms with van der Waals surface area (Å²) in [6.07, 6.45) is 0.521. The second-order valence-corrected chi connectivity index (χ2v) is 7.05. The highest BCUT2D eigenvalue weighted by Gasteiger charge is 2.28. The number of aromatic carboxylic acids is 1. The number of carboxylic acids is 1. The molecule has 2 aromatic rings. The Kier molecular flexibility index (Phi) is 3.91. The van der Waals surface area contributed by atoms with Gasteiger partial charge in [-0.25, -0.2) is 4.79 Å². The normalized spacial score (nSPS) is 14.4. The molecule has 0 spiro atoms. The fraction of sp³-hybridized carbons (Fsp3) is 0.389. The lowest BCUT2D eigenvalue weighted by atomic mass is 9.93. The summed E-state index contributed by atoms with van der Waals surface area (Å²) >= 11 is 0. The first-order valence-corrected chi connectivity index (χ1v) is 7.88. The number of fused-ring (bicyclic) bond motifs is 1. The summed E-state index contributed by atoms with van der Waals surface area (Å²) in [6, 6.07) is 6.87. The molecule has 126 valence electrons. The number of nitrogens with zero attached hydrogens (tertiary/aromatic N) is 2. The van der Waals surface area contributed by atoms with Gasteiger partial charge in [0, 0.05) is 24.6 Å². The Hall–Kier alpha value is -2.63. The van der Waals surface area contributed by atoms with Crippen LogP contribution in [0.1, 0.15) is 58.5 Å². The van der Waals surface area contributed by atoms with Crippen LogP contribution in [0.4, 0.5) is 0 Å². The highest BCUT2D eigenvalue weighted by Crippen LogP contribution is 2.26. The summed E-state index contributed by atoms with van der Waals surface area (Å²) in [6.45, 7) is 6.83. The molecule has 3 rings (SSSR count). The average Bonchev–Trinajstić information content (AvgIpc) is 3.03. The molecule has 0 aliphatic carbocycles. The molecule has 6 heteroatoms. The third-order valence-electron chi connectivity index (χ3n) is 4.25. The number of carboxylic acid groups (broad SMARTS) is 1. The molecule has 1 aromatic carbocycles. The van der Waals surface area contributed by atoms with Gasteiger partial charge in [0.2, 0.25) is 0 Å². The van der Waals surface area contributed by atoms with E-state index in [9.17, 15) is 14.7 Å². The van der Waals surface area contributed by atoms with Gasteiger partial charge in [0.15, 0.2) is 5.69 Å². The van der Waals surface area contributed by atoms with Gasteiger partial charge in [-0.1, -0.05) is 38.1 Å². The van der Waals surface area contributed by atoms with Crippen molar-refractivity contribution in [3.8, 4) is 0 Å². The van der Waals surface area contributed by atoms with E-state index in [2.05, 4.69) is 5.16 Å². The molecule has 2 heterocycles. The summed E-state index contributed by atoms with van der Waals surface area (Å²) in [5.41, 5.74) is 2.07. The van der Waals surface area contributed by atoms with Crippen LogP contribution in [0.25, 0.3) is 0 Å². The molecule has 1 N–H and O–H groups in total. The summed E-state index contributed by atoms with van der Waals surface area (Å²) in [7, 11) is 0. The monoisotopic (exact) mass is 328 g/mol. The van der Waals surface area contributed by atoms with E-state index in [-0.39, 0.29) is 17.0 Å². The molecule has 0 saturated heterocycles. The van der Waals surface area contributed by atoms with E-state index in [1.165, 1.54) is 0 Å². The Bertz CT molecular complexity index is 802. The fourth-order valence-corrected chi connectivity index (χ4v) is 2.87. The van der Waals surface area contributed by atoms with Crippen molar-refractivity contribution in [1.29, 1.82) is 0 Å². The van der Waals surface area contributed by atoms with Gasteiger partial charge in [0.25, 0.3) is 5.91 Å². The minimum atomic E-state index is -0.932. The molecule has 0 radical (unpaired) electrons. The van der Waals surface area contributed by atoms with Crippen molar-refractivity contribution in [3.05, 3.63) is 52.4 Å². The van der Waals surface area contributed by atoms with E-state index in [4.69, 9.17) is 4.52 Å². The Balaban J connectivity index is 1.83. The number of hydrogen-bond donors (Lipinski definition) is 1. The minimum absolute atomic E-state index is 0.194. The zero-order chi connectivity index (χ0) is 17.5. The first-order chi connectivity index (χ1) is 11.3. The third kappa shape index (κ3) is 2.91. The van der Waals surface area contributed by atoms with E-state index in [1.807, 2.05) is 26.8 Å². The van der Waals surface area contributed by atoms with E-state index < -0.39 is 5.97 Å². The maximum Gasteiger partial charge on any atom is 0.335 e. The predicted octanol–water partition coefficient (Wildman–Crippen LogP) is 2.87. The molecule has 1 aliphatic heterocycles. The Morgan fingerprint density at radius 3 is 2.67 bits per heavy atom. The number of aromatic nitrogens is 1. The highest BCUT2D eigenvalue weighted by atomic mass is 16.5. The smallest absolute Gasteiger partial charge is 0.335 e. The molecule has 6 nitrogen and oxygen atoms in total. The second kappa shape index (κ2) is 5.78. The second-order valence-electron chi connectivity index (χ2n) is 7.05. The van der Waals surface area contributed by atoms with Crippen molar-refractivity contribution in [2.45, 2.75) is 39.2 Å². The third-order valence-corrected chi connectivity index (χ3v) is 4.25. The van der Waals surface area contributed by atoms with Crippen molar-refractivity contribution in [1.82, 2.24) is 10.1 Å². The van der Waals surface area contributed by atoms with Crippen LogP contribution in [0.3, 0.4) is 0 Å². The summed E-state index contributed by atoms with van der Waals surface area (Å²) in [5.74, 6) is -0.463. The molecule has 0 bridgehead atoms. The van der Waals surface area contributed by atoms with Crippen LogP contribution in [0.5, 0.6) is 0 Å². The fourth-order valence-electron chi connectivity index (χ4n) is 2.87. The van der Waals surface area contributed by atoms with E-state index in [0.29, 0.717) is 30.8 Å². The lowest BCUT2D eigenvalue weighted by molar-refractivity contribution is 0.0693. The van der Waals surface area contributed by atoms with Crippen molar-refractivity contribution >= 4 is 11.9 Å². The number of carbonyl (C=O) groups excluding carboxylic acids is 1. The largest absolute Gasteiger partial charge is 0.478 e. The maximum absolute atomic E-state index is 12.7. The standard InChI is InChI=1S/C18H20N2O4/c1-18(2,3)15-9-14(19-24-15)16(21)20-8-7-12-11(10-20)5-4-6-13(12)17(22)23/h4-6,9H,7-8,10H2,1-3H3,(H,22,23). The van der Waals surface area contributed by atoms with Crippen LogP contribution < -0.4 is 0 Å². The molecular weight excluding hydrogens is 308 g/mol. The van der Waals surface area contributed by atoms with Gasteiger partial charge >= 0.3 is 5.97 Å². The van der Waals surface area contributed by atoms with Gasteiger partial charge in [0.1, 0.15) is 5.76 Å². The van der Waals surface area contributed by atoms with Crippen LogP contribution in [-0.2, 0) is 18.4 Å². The minimum Gasteiger partial charge on any atom is -0.478 e. The Morgan fingerprint density at radius 1 is 1.29 bits per heavy atom. The zero-order valence-electron chi connectivity index (χ0n) is 14.0. The molecule has 0 fully saturated rings. The molecule has 24 heavy (non-hydrogen) atoms. The summed E-state index contributed by atoms with van der Waals surface area (Å²) in [4.78, 5) is 25.6. The topological polar surface area (TPSA) is 83.6 Å². The van der Waals surface area contributed by atoms with Crippen molar-refractivity contribution < 1.29 is 19.2 Å². The molecular formula is C18H20N2O4. The molecule has 0 atom stereocenters. The first-order valence-electron chi connectivity index (χ1n) is 7.88. The van der Waals surface area contributed by atoms with Crippen molar-refractivity contribution in [3.63, 3.8) is 0 Å². The quantitative estimate of drug-likeness (QED) is 0.916. The van der Waals surface area contributed by atoms with Crippen LogP contribution in [0.2, 0.25) is 0 Å². The lowest BCUT2D eigenvalue weighted by Crippen LogP contribution is -2.36.